The van der Waals surface area contributed by atoms with E-state index in [1.165, 1.54) is 0 Å². The molecule has 0 unspecified atom stereocenters. The fourth-order valence-electron chi connectivity index (χ4n) is 0.558. The molecule has 0 aliphatic carbocycles. The number of rotatable bonds is 0. The minimum atomic E-state index is -5.07. The van der Waals surface area contributed by atoms with Crippen LogP contribution in [0.25, 0.3) is 0 Å². The van der Waals surface area contributed by atoms with Crippen LogP contribution in [0.2, 0.25) is 0 Å². The van der Waals surface area contributed by atoms with E-state index < -0.39 is 42.3 Å². The normalized spacial score (nSPS) is 18.8. The van der Waals surface area contributed by atoms with Crippen LogP contribution in [0.5, 0.6) is 5.75 Å². The molecule has 1 heterocycles. The summed E-state index contributed by atoms with van der Waals surface area (Å²) in [5.74, 6) is -1.35. The zero-order valence-electron chi connectivity index (χ0n) is 10.5. The molecule has 0 atom stereocenters. The van der Waals surface area contributed by atoms with Crippen molar-refractivity contribution < 1.29 is 25.1 Å². The highest BCUT2D eigenvalue weighted by atomic mass is 19.4. The van der Waals surface area contributed by atoms with Crippen LogP contribution in [-0.2, 0) is 6.18 Å². The van der Waals surface area contributed by atoms with Crippen LogP contribution in [0.15, 0.2) is 12.1 Å². The number of alkyl halides is 3. The number of aromatic nitrogens is 1. The molecule has 1 rings (SSSR count). The lowest BCUT2D eigenvalue weighted by atomic mass is 10.3. The molecule has 0 aromatic carbocycles. The van der Waals surface area contributed by atoms with Crippen molar-refractivity contribution in [1.29, 1.82) is 0 Å². The molecule has 0 aliphatic heterocycles. The molecule has 1 N–H and O–H groups in total. The van der Waals surface area contributed by atoms with Crippen molar-refractivity contribution in [1.82, 2.24) is 4.98 Å². The van der Waals surface area contributed by atoms with Crippen LogP contribution in [0, 0.1) is 6.85 Å². The van der Waals surface area contributed by atoms with E-state index in [4.69, 9.17) is 12.0 Å². The van der Waals surface area contributed by atoms with Gasteiger partial charge in [-0.05, 0) is 6.85 Å². The van der Waals surface area contributed by atoms with Crippen LogP contribution in [0.1, 0.15) is 18.2 Å². The number of aryl methyl sites for hydroxylation is 1. The maximum atomic E-state index is 12.4. The van der Waals surface area contributed by atoms with Crippen molar-refractivity contribution in [2.24, 2.45) is 0 Å². The molecular formula is C7H6F3NO. The van der Waals surface area contributed by atoms with Gasteiger partial charge < -0.3 is 5.11 Å². The Morgan fingerprint density at radius 3 is 2.75 bits per heavy atom. The standard InChI is InChI=1S/C7H6F3NO/c1-4-2-5(12)3-6(11-4)7(8,9)10/h2-3H,1H3,(H,11,12)/i1D3,2D,3D. The third-order valence-electron chi connectivity index (χ3n) is 0.966. The van der Waals surface area contributed by atoms with E-state index in [9.17, 15) is 13.2 Å². The average molecular weight is 182 g/mol. The molecule has 5 heteroatoms. The van der Waals surface area contributed by atoms with Gasteiger partial charge in [0.05, 0.1) is 2.74 Å². The quantitative estimate of drug-likeness (QED) is 0.666. The zero-order valence-corrected chi connectivity index (χ0v) is 5.53. The predicted molar refractivity (Wildman–Crippen MR) is 35.6 cm³/mol. The fraction of sp³-hybridized carbons (Fsp3) is 0.286. The van der Waals surface area contributed by atoms with Gasteiger partial charge in [0.2, 0.25) is 0 Å². The van der Waals surface area contributed by atoms with Crippen LogP contribution in [-0.4, -0.2) is 10.1 Å². The molecule has 2 nitrogen and oxygen atoms in total. The SMILES string of the molecule is [2H]c1c(C([2H])([2H])[2H])nc(C(F)(F)F)c([2H])c1O. The van der Waals surface area contributed by atoms with Crippen LogP contribution in [0.3, 0.4) is 0 Å². The van der Waals surface area contributed by atoms with Gasteiger partial charge in [-0.3, -0.25) is 0 Å². The number of halogens is 3. The highest BCUT2D eigenvalue weighted by molar-refractivity contribution is 5.26. The Balaban J connectivity index is 3.63. The van der Waals surface area contributed by atoms with Crippen molar-refractivity contribution in [3.63, 3.8) is 0 Å². The molecule has 0 bridgehead atoms. The summed E-state index contributed by atoms with van der Waals surface area (Å²) in [6.45, 7) is -3.07. The minimum absolute atomic E-state index is 1.09. The molecule has 0 spiro atoms. The van der Waals surface area contributed by atoms with E-state index >= 15 is 0 Å². The number of hydrogen-bond donors (Lipinski definition) is 1. The molecule has 0 saturated heterocycles. The van der Waals surface area contributed by atoms with Crippen molar-refractivity contribution >= 4 is 0 Å². The molecule has 1 aromatic heterocycles. The van der Waals surface area contributed by atoms with Gasteiger partial charge in [0.25, 0.3) is 0 Å². The van der Waals surface area contributed by atoms with Crippen molar-refractivity contribution in [2.45, 2.75) is 13.0 Å². The second-order valence-corrected chi connectivity index (χ2v) is 1.91. The van der Waals surface area contributed by atoms with Crippen LogP contribution < -0.4 is 0 Å². The molecule has 0 fully saturated rings. The first-order valence-electron chi connectivity index (χ1n) is 5.24. The van der Waals surface area contributed by atoms with Crippen LogP contribution >= 0.6 is 0 Å². The molecule has 0 saturated carbocycles. The first-order chi connectivity index (χ1) is 7.46. The van der Waals surface area contributed by atoms with Gasteiger partial charge in [-0.1, -0.05) is 0 Å². The minimum Gasteiger partial charge on any atom is -0.508 e. The van der Waals surface area contributed by atoms with Crippen LogP contribution in [0.4, 0.5) is 13.2 Å². The molecule has 0 amide bonds. The molecule has 0 aliphatic rings. The highest BCUT2D eigenvalue weighted by Crippen LogP contribution is 2.29. The summed E-state index contributed by atoms with van der Waals surface area (Å²) in [6.07, 6.45) is -5.07. The maximum Gasteiger partial charge on any atom is 0.433 e. The van der Waals surface area contributed by atoms with Gasteiger partial charge in [0, 0.05) is 21.9 Å². The van der Waals surface area contributed by atoms with Crippen molar-refractivity contribution in [2.75, 3.05) is 0 Å². The predicted octanol–water partition coefficient (Wildman–Crippen LogP) is 2.11. The van der Waals surface area contributed by atoms with E-state index in [0.29, 0.717) is 0 Å². The van der Waals surface area contributed by atoms with Gasteiger partial charge in [-0.15, -0.1) is 0 Å². The first kappa shape index (κ1) is 4.11. The summed E-state index contributed by atoms with van der Waals surface area (Å²) in [6, 6.07) is -2.50. The summed E-state index contributed by atoms with van der Waals surface area (Å²) < 4.78 is 71.9. The third-order valence-corrected chi connectivity index (χ3v) is 0.966. The average Bonchev–Trinajstić information content (AvgIpc) is 2.10. The second kappa shape index (κ2) is 2.66. The Labute approximate surface area is 73.7 Å². The highest BCUT2D eigenvalue weighted by Gasteiger charge is 2.32. The lowest BCUT2D eigenvalue weighted by molar-refractivity contribution is -0.141. The maximum absolute atomic E-state index is 12.4. The Kier molecular flexibility index (Phi) is 0.910. The second-order valence-electron chi connectivity index (χ2n) is 1.91. The largest absolute Gasteiger partial charge is 0.508 e. The molecular weight excluding hydrogens is 171 g/mol. The Bertz CT molecular complexity index is 418. The van der Waals surface area contributed by atoms with Gasteiger partial charge in [0.15, 0.2) is 0 Å². The third kappa shape index (κ3) is 1.87. The van der Waals surface area contributed by atoms with Crippen molar-refractivity contribution in [3.05, 3.63) is 23.5 Å². The van der Waals surface area contributed by atoms with Gasteiger partial charge in [0.1, 0.15) is 11.4 Å². The number of aromatic hydroxyl groups is 1. The summed E-state index contributed by atoms with van der Waals surface area (Å²) in [5, 5.41) is 9.13. The van der Waals surface area contributed by atoms with E-state index in [0.717, 1.165) is 0 Å². The van der Waals surface area contributed by atoms with Crippen molar-refractivity contribution in [3.8, 4) is 5.75 Å². The smallest absolute Gasteiger partial charge is 0.433 e. The lowest BCUT2D eigenvalue weighted by Crippen LogP contribution is -2.08. The molecule has 66 valence electrons. The van der Waals surface area contributed by atoms with E-state index in [1.807, 2.05) is 0 Å². The van der Waals surface area contributed by atoms with Gasteiger partial charge in [-0.2, -0.15) is 13.2 Å². The van der Waals surface area contributed by atoms with E-state index in [2.05, 4.69) is 4.98 Å². The van der Waals surface area contributed by atoms with E-state index in [1.54, 1.807) is 0 Å². The summed E-state index contributed by atoms with van der Waals surface area (Å²) in [4.78, 5) is 2.75. The Morgan fingerprint density at radius 2 is 2.25 bits per heavy atom. The molecule has 12 heavy (non-hydrogen) atoms. The Morgan fingerprint density at radius 1 is 1.58 bits per heavy atom. The summed E-state index contributed by atoms with van der Waals surface area (Å²) in [7, 11) is 0. The fourth-order valence-corrected chi connectivity index (χ4v) is 0.558. The first-order valence-corrected chi connectivity index (χ1v) is 2.74. The monoisotopic (exact) mass is 182 g/mol. The number of hydrogen-bond acceptors (Lipinski definition) is 2. The summed E-state index contributed by atoms with van der Waals surface area (Å²) >= 11 is 0. The lowest BCUT2D eigenvalue weighted by Gasteiger charge is -2.06. The Hall–Kier alpha value is -1.26. The zero-order chi connectivity index (χ0) is 13.6. The number of pyridine rings is 1. The molecule has 0 radical (unpaired) electrons. The van der Waals surface area contributed by atoms with E-state index in [-0.39, 0.29) is 0 Å². The van der Waals surface area contributed by atoms with Gasteiger partial charge in [-0.25, -0.2) is 4.98 Å². The topological polar surface area (TPSA) is 33.1 Å². The molecule has 1 aromatic rings. The number of nitrogens with zero attached hydrogens (tertiary/aromatic N) is 1. The summed E-state index contributed by atoms with van der Waals surface area (Å²) in [5.41, 5.74) is -3.00. The van der Waals surface area contributed by atoms with Gasteiger partial charge >= 0.3 is 6.18 Å².